The van der Waals surface area contributed by atoms with E-state index in [1.54, 1.807) is 6.07 Å². The van der Waals surface area contributed by atoms with Gasteiger partial charge in [0.25, 0.3) is 0 Å². The third-order valence-corrected chi connectivity index (χ3v) is 1.48. The molecule has 0 aliphatic heterocycles. The molecule has 1 N–H and O–H groups in total. The Morgan fingerprint density at radius 2 is 1.93 bits per heavy atom. The van der Waals surface area contributed by atoms with E-state index in [1.165, 1.54) is 12.1 Å². The fraction of sp³-hybridized carbons (Fsp3) is 0.111. The number of benzene rings is 1. The van der Waals surface area contributed by atoms with Crippen LogP contribution in [0.5, 0.6) is 5.75 Å². The van der Waals surface area contributed by atoms with Crippen LogP contribution in [0.2, 0.25) is 0 Å². The Balaban J connectivity index is 2.83. The molecule has 0 aliphatic rings. The van der Waals surface area contributed by atoms with E-state index in [2.05, 4.69) is 4.74 Å². The highest BCUT2D eigenvalue weighted by molar-refractivity contribution is 5.73. The van der Waals surface area contributed by atoms with E-state index in [4.69, 9.17) is 10.4 Å². The average Bonchev–Trinajstić information content (AvgIpc) is 2.18. The van der Waals surface area contributed by atoms with Crippen LogP contribution in [0.4, 0.5) is 8.78 Å². The van der Waals surface area contributed by atoms with Gasteiger partial charge in [-0.15, -0.1) is 0 Å². The molecule has 0 amide bonds. The Morgan fingerprint density at radius 1 is 1.40 bits per heavy atom. The molecule has 0 heterocycles. The number of hydrogen-bond donors (Lipinski definition) is 1. The third kappa shape index (κ3) is 2.64. The quantitative estimate of drug-likeness (QED) is 0.827. The Hall–Kier alpha value is -2.16. The fourth-order valence-corrected chi connectivity index (χ4v) is 0.789. The van der Waals surface area contributed by atoms with Crippen LogP contribution in [0.25, 0.3) is 0 Å². The maximum atomic E-state index is 12.5. The Kier molecular flexibility index (Phi) is 2.85. The minimum Gasteiger partial charge on any atom is -0.474 e. The van der Waals surface area contributed by atoms with Crippen LogP contribution in [0.15, 0.2) is 24.3 Å². The zero-order valence-corrected chi connectivity index (χ0v) is 7.28. The first-order valence-electron chi connectivity index (χ1n) is 3.76. The number of carboxylic acids is 1. The van der Waals surface area contributed by atoms with Gasteiger partial charge in [0.15, 0.2) is 0 Å². The van der Waals surface area contributed by atoms with E-state index < -0.39 is 12.1 Å². The van der Waals surface area contributed by atoms with Gasteiger partial charge in [-0.05, 0) is 24.3 Å². The van der Waals surface area contributed by atoms with Gasteiger partial charge in [-0.2, -0.15) is 14.0 Å². The summed E-state index contributed by atoms with van der Waals surface area (Å²) in [5, 5.41) is 16.5. The van der Waals surface area contributed by atoms with Crippen molar-refractivity contribution in [2.24, 2.45) is 0 Å². The van der Waals surface area contributed by atoms with E-state index >= 15 is 0 Å². The zero-order valence-electron chi connectivity index (χ0n) is 7.28. The molecule has 1 aromatic carbocycles. The number of carboxylic acid groups (broad SMARTS) is 1. The van der Waals surface area contributed by atoms with Crippen molar-refractivity contribution in [1.29, 1.82) is 5.26 Å². The van der Waals surface area contributed by atoms with E-state index in [1.807, 2.05) is 0 Å². The maximum absolute atomic E-state index is 12.5. The van der Waals surface area contributed by atoms with Crippen molar-refractivity contribution >= 4 is 5.97 Å². The molecule has 0 aromatic heterocycles. The van der Waals surface area contributed by atoms with Crippen LogP contribution in [0, 0.1) is 11.3 Å². The lowest BCUT2D eigenvalue weighted by Crippen LogP contribution is -2.34. The lowest BCUT2D eigenvalue weighted by molar-refractivity contribution is -0.210. The van der Waals surface area contributed by atoms with Crippen molar-refractivity contribution in [2.45, 2.75) is 6.11 Å². The molecule has 15 heavy (non-hydrogen) atoms. The highest BCUT2D eigenvalue weighted by Gasteiger charge is 2.42. The molecule has 0 bridgehead atoms. The molecule has 0 saturated heterocycles. The number of nitriles is 1. The molecular weight excluding hydrogens is 208 g/mol. The van der Waals surface area contributed by atoms with Crippen LogP contribution in [-0.2, 0) is 4.79 Å². The van der Waals surface area contributed by atoms with Crippen LogP contribution >= 0.6 is 0 Å². The molecule has 4 nitrogen and oxygen atoms in total. The normalized spacial score (nSPS) is 10.5. The first-order chi connectivity index (χ1) is 6.95. The molecule has 1 aromatic rings. The zero-order chi connectivity index (χ0) is 11.5. The predicted molar refractivity (Wildman–Crippen MR) is 44.4 cm³/mol. The van der Waals surface area contributed by atoms with Crippen molar-refractivity contribution in [1.82, 2.24) is 0 Å². The topological polar surface area (TPSA) is 70.3 Å². The van der Waals surface area contributed by atoms with Gasteiger partial charge in [-0.25, -0.2) is 4.79 Å². The summed E-state index contributed by atoms with van der Waals surface area (Å²) in [7, 11) is 0. The number of halogens is 2. The molecule has 0 atom stereocenters. The lowest BCUT2D eigenvalue weighted by Gasteiger charge is -2.12. The summed E-state index contributed by atoms with van der Waals surface area (Å²) in [6, 6.07) is 6.45. The molecule has 1 rings (SSSR count). The van der Waals surface area contributed by atoms with Crippen molar-refractivity contribution < 1.29 is 23.4 Å². The minimum absolute atomic E-state index is 0.265. The highest BCUT2D eigenvalue weighted by Crippen LogP contribution is 2.21. The molecule has 78 valence electrons. The Bertz CT molecular complexity index is 408. The second-order valence-corrected chi connectivity index (χ2v) is 2.56. The van der Waals surface area contributed by atoms with Gasteiger partial charge in [0.05, 0.1) is 11.6 Å². The summed E-state index contributed by atoms with van der Waals surface area (Å²) < 4.78 is 29.0. The SMILES string of the molecule is N#Cc1ccc(OC(F)(F)C(=O)O)cc1. The Labute approximate surface area is 83.3 Å². The fourth-order valence-electron chi connectivity index (χ4n) is 0.789. The second kappa shape index (κ2) is 3.92. The molecule has 0 fully saturated rings. The van der Waals surface area contributed by atoms with Gasteiger partial charge in [0, 0.05) is 0 Å². The van der Waals surface area contributed by atoms with Crippen molar-refractivity contribution in [3.63, 3.8) is 0 Å². The molecule has 0 aliphatic carbocycles. The maximum Gasteiger partial charge on any atom is 0.501 e. The summed E-state index contributed by atoms with van der Waals surface area (Å²) in [6.45, 7) is 0. The standard InChI is InChI=1S/C9H5F2NO3/c10-9(11,8(13)14)15-7-3-1-6(5-12)2-4-7/h1-4H,(H,13,14). The molecule has 0 spiro atoms. The molecular formula is C9H5F2NO3. The summed E-state index contributed by atoms with van der Waals surface area (Å²) in [5.41, 5.74) is 0.265. The highest BCUT2D eigenvalue weighted by atomic mass is 19.3. The van der Waals surface area contributed by atoms with E-state index in [0.29, 0.717) is 0 Å². The van der Waals surface area contributed by atoms with Gasteiger partial charge in [-0.1, -0.05) is 0 Å². The Morgan fingerprint density at radius 3 is 2.33 bits per heavy atom. The van der Waals surface area contributed by atoms with Crippen LogP contribution in [-0.4, -0.2) is 17.2 Å². The lowest BCUT2D eigenvalue weighted by atomic mass is 10.2. The third-order valence-electron chi connectivity index (χ3n) is 1.48. The summed E-state index contributed by atoms with van der Waals surface area (Å²) >= 11 is 0. The van der Waals surface area contributed by atoms with E-state index in [9.17, 15) is 13.6 Å². The first kappa shape index (κ1) is 10.9. The summed E-state index contributed by atoms with van der Waals surface area (Å²) in [4.78, 5) is 10.0. The van der Waals surface area contributed by atoms with Gasteiger partial charge in [0.2, 0.25) is 0 Å². The predicted octanol–water partition coefficient (Wildman–Crippen LogP) is 1.61. The van der Waals surface area contributed by atoms with Crippen LogP contribution in [0.1, 0.15) is 5.56 Å². The summed E-state index contributed by atoms with van der Waals surface area (Å²) in [6.07, 6.45) is -4.27. The number of ether oxygens (including phenoxy) is 1. The number of hydrogen-bond acceptors (Lipinski definition) is 3. The van der Waals surface area contributed by atoms with Crippen LogP contribution in [0.3, 0.4) is 0 Å². The molecule has 0 unspecified atom stereocenters. The van der Waals surface area contributed by atoms with E-state index in [0.717, 1.165) is 12.1 Å². The monoisotopic (exact) mass is 213 g/mol. The van der Waals surface area contributed by atoms with Crippen molar-refractivity contribution in [3.05, 3.63) is 29.8 Å². The van der Waals surface area contributed by atoms with Gasteiger partial charge >= 0.3 is 12.1 Å². The molecule has 6 heteroatoms. The van der Waals surface area contributed by atoms with Gasteiger partial charge < -0.3 is 9.84 Å². The largest absolute Gasteiger partial charge is 0.501 e. The van der Waals surface area contributed by atoms with Crippen molar-refractivity contribution in [3.8, 4) is 11.8 Å². The molecule has 0 radical (unpaired) electrons. The number of alkyl halides is 2. The van der Waals surface area contributed by atoms with Gasteiger partial charge in [-0.3, -0.25) is 0 Å². The first-order valence-corrected chi connectivity index (χ1v) is 3.76. The summed E-state index contributed by atoms with van der Waals surface area (Å²) in [5.74, 6) is -2.69. The number of aliphatic carboxylic acids is 1. The second-order valence-electron chi connectivity index (χ2n) is 2.56. The average molecular weight is 213 g/mol. The van der Waals surface area contributed by atoms with Gasteiger partial charge in [0.1, 0.15) is 5.75 Å². The number of nitrogens with zero attached hydrogens (tertiary/aromatic N) is 1. The number of carbonyl (C=O) groups is 1. The van der Waals surface area contributed by atoms with E-state index in [-0.39, 0.29) is 11.3 Å². The van der Waals surface area contributed by atoms with Crippen LogP contribution < -0.4 is 4.74 Å². The molecule has 0 saturated carbocycles. The van der Waals surface area contributed by atoms with Crippen molar-refractivity contribution in [2.75, 3.05) is 0 Å². The number of rotatable bonds is 3. The smallest absolute Gasteiger partial charge is 0.474 e. The minimum atomic E-state index is -4.27.